The molecule has 156 valence electrons. The Labute approximate surface area is 168 Å². The maximum atomic E-state index is 12.8. The van der Waals surface area contributed by atoms with Crippen molar-refractivity contribution in [3.05, 3.63) is 24.3 Å². The number of nitrogens with one attached hydrogen (secondary N) is 1. The van der Waals surface area contributed by atoms with Crippen molar-refractivity contribution >= 4 is 15.9 Å². The number of hydrogen-bond donors (Lipinski definition) is 1. The van der Waals surface area contributed by atoms with Crippen LogP contribution in [0.15, 0.2) is 29.2 Å². The number of carbonyl (C=O) groups excluding carboxylic acids is 1. The molecule has 2 saturated heterocycles. The van der Waals surface area contributed by atoms with E-state index in [-0.39, 0.29) is 16.7 Å². The van der Waals surface area contributed by atoms with Gasteiger partial charge < -0.3 is 15.0 Å². The van der Waals surface area contributed by atoms with E-state index in [0.717, 1.165) is 13.0 Å². The van der Waals surface area contributed by atoms with Gasteiger partial charge in [-0.05, 0) is 76.0 Å². The summed E-state index contributed by atoms with van der Waals surface area (Å²) in [5.74, 6) is 0.580. The molecular formula is C20H31N3O4S. The van der Waals surface area contributed by atoms with Gasteiger partial charge >= 0.3 is 0 Å². The Kier molecular flexibility index (Phi) is 7.31. The van der Waals surface area contributed by atoms with E-state index in [1.165, 1.54) is 30.2 Å². The quantitative estimate of drug-likeness (QED) is 0.661. The maximum Gasteiger partial charge on any atom is 0.243 e. The van der Waals surface area contributed by atoms with Crippen molar-refractivity contribution in [1.82, 2.24) is 14.5 Å². The van der Waals surface area contributed by atoms with Crippen molar-refractivity contribution in [2.24, 2.45) is 5.92 Å². The highest BCUT2D eigenvalue weighted by Crippen LogP contribution is 2.25. The van der Waals surface area contributed by atoms with Gasteiger partial charge in [-0.3, -0.25) is 4.79 Å². The van der Waals surface area contributed by atoms with Crippen LogP contribution < -0.4 is 10.1 Å². The van der Waals surface area contributed by atoms with Gasteiger partial charge in [-0.25, -0.2) is 8.42 Å². The zero-order valence-electron chi connectivity index (χ0n) is 16.6. The average Bonchev–Trinajstić information content (AvgIpc) is 3.25. The minimum atomic E-state index is -3.53. The predicted molar refractivity (Wildman–Crippen MR) is 108 cm³/mol. The highest BCUT2D eigenvalue weighted by molar-refractivity contribution is 7.89. The average molecular weight is 410 g/mol. The Morgan fingerprint density at radius 2 is 1.75 bits per heavy atom. The molecule has 8 heteroatoms. The Balaban J connectivity index is 1.43. The molecule has 0 bridgehead atoms. The van der Waals surface area contributed by atoms with Crippen LogP contribution in [0.3, 0.4) is 0 Å². The summed E-state index contributed by atoms with van der Waals surface area (Å²) in [6.07, 6.45) is 4.66. The van der Waals surface area contributed by atoms with Gasteiger partial charge in [-0.1, -0.05) is 0 Å². The van der Waals surface area contributed by atoms with Gasteiger partial charge in [0.1, 0.15) is 5.75 Å². The molecule has 1 aromatic carbocycles. The third kappa shape index (κ3) is 5.24. The number of rotatable bonds is 8. The molecule has 0 atom stereocenters. The number of likely N-dealkylation sites (tertiary alicyclic amines) is 1. The van der Waals surface area contributed by atoms with Crippen LogP contribution in [-0.2, 0) is 14.8 Å². The highest BCUT2D eigenvalue weighted by atomic mass is 32.2. The third-order valence-electron chi connectivity index (χ3n) is 5.67. The Morgan fingerprint density at radius 1 is 1.11 bits per heavy atom. The molecule has 0 unspecified atom stereocenters. The van der Waals surface area contributed by atoms with Gasteiger partial charge in [-0.2, -0.15) is 4.31 Å². The van der Waals surface area contributed by atoms with Crippen molar-refractivity contribution in [2.75, 3.05) is 46.4 Å². The van der Waals surface area contributed by atoms with Crippen molar-refractivity contribution in [2.45, 2.75) is 37.0 Å². The minimum Gasteiger partial charge on any atom is -0.497 e. The van der Waals surface area contributed by atoms with Crippen LogP contribution in [0.1, 0.15) is 32.1 Å². The van der Waals surface area contributed by atoms with Gasteiger partial charge in [0.2, 0.25) is 15.9 Å². The summed E-state index contributed by atoms with van der Waals surface area (Å²) in [4.78, 5) is 15.1. The fraction of sp³-hybridized carbons (Fsp3) is 0.650. The van der Waals surface area contributed by atoms with E-state index in [1.54, 1.807) is 31.4 Å². The molecule has 1 amide bonds. The summed E-state index contributed by atoms with van der Waals surface area (Å²) in [5.41, 5.74) is 0. The lowest BCUT2D eigenvalue weighted by Crippen LogP contribution is -2.43. The Hall–Kier alpha value is -1.64. The summed E-state index contributed by atoms with van der Waals surface area (Å²) < 4.78 is 32.1. The van der Waals surface area contributed by atoms with Gasteiger partial charge in [0.05, 0.1) is 12.0 Å². The van der Waals surface area contributed by atoms with Crippen LogP contribution in [0.25, 0.3) is 0 Å². The standard InChI is InChI=1S/C20H31N3O4S/c1-27-18-5-7-19(8-6-18)28(25,26)23-15-9-17(10-16-23)20(24)21-11-4-14-22-12-2-3-13-22/h5-8,17H,2-4,9-16H2,1H3,(H,21,24). The second kappa shape index (κ2) is 9.71. The van der Waals surface area contributed by atoms with E-state index in [9.17, 15) is 13.2 Å². The number of ether oxygens (including phenoxy) is 1. The molecule has 0 spiro atoms. The molecular weight excluding hydrogens is 378 g/mol. The number of amides is 1. The molecule has 3 rings (SSSR count). The molecule has 2 aliphatic rings. The summed E-state index contributed by atoms with van der Waals surface area (Å²) in [6, 6.07) is 6.42. The van der Waals surface area contributed by atoms with E-state index < -0.39 is 10.0 Å². The van der Waals surface area contributed by atoms with Crippen molar-refractivity contribution in [1.29, 1.82) is 0 Å². The molecule has 2 fully saturated rings. The normalized spacial score (nSPS) is 19.6. The van der Waals surface area contributed by atoms with E-state index in [2.05, 4.69) is 10.2 Å². The minimum absolute atomic E-state index is 0.0583. The SMILES string of the molecule is COc1ccc(S(=O)(=O)N2CCC(C(=O)NCCCN3CCCC3)CC2)cc1. The number of sulfonamides is 1. The molecule has 2 heterocycles. The van der Waals surface area contributed by atoms with Gasteiger partial charge in [0.25, 0.3) is 0 Å². The summed E-state index contributed by atoms with van der Waals surface area (Å²) in [6.45, 7) is 4.84. The zero-order valence-corrected chi connectivity index (χ0v) is 17.4. The smallest absolute Gasteiger partial charge is 0.243 e. The molecule has 1 N–H and O–H groups in total. The molecule has 7 nitrogen and oxygen atoms in total. The lowest BCUT2D eigenvalue weighted by atomic mass is 9.97. The number of benzene rings is 1. The third-order valence-corrected chi connectivity index (χ3v) is 7.58. The first-order valence-electron chi connectivity index (χ1n) is 10.1. The summed E-state index contributed by atoms with van der Waals surface area (Å²) in [7, 11) is -1.98. The van der Waals surface area contributed by atoms with Crippen LogP contribution in [-0.4, -0.2) is 69.9 Å². The van der Waals surface area contributed by atoms with E-state index in [1.807, 2.05) is 0 Å². The molecule has 28 heavy (non-hydrogen) atoms. The largest absolute Gasteiger partial charge is 0.497 e. The van der Waals surface area contributed by atoms with E-state index >= 15 is 0 Å². The maximum absolute atomic E-state index is 12.8. The number of hydrogen-bond acceptors (Lipinski definition) is 5. The predicted octanol–water partition coefficient (Wildman–Crippen LogP) is 1.70. The van der Waals surface area contributed by atoms with E-state index in [0.29, 0.717) is 38.2 Å². The molecule has 0 radical (unpaired) electrons. The fourth-order valence-corrected chi connectivity index (χ4v) is 5.39. The molecule has 1 aromatic rings. The van der Waals surface area contributed by atoms with Crippen LogP contribution in [0.4, 0.5) is 0 Å². The first-order valence-corrected chi connectivity index (χ1v) is 11.6. The lowest BCUT2D eigenvalue weighted by Gasteiger charge is -2.30. The topological polar surface area (TPSA) is 79.0 Å². The first kappa shape index (κ1) is 21.1. The summed E-state index contributed by atoms with van der Waals surface area (Å²) >= 11 is 0. The second-order valence-electron chi connectivity index (χ2n) is 7.55. The van der Waals surface area contributed by atoms with Crippen molar-refractivity contribution in [3.63, 3.8) is 0 Å². The zero-order chi connectivity index (χ0) is 20.0. The fourth-order valence-electron chi connectivity index (χ4n) is 3.92. The first-order chi connectivity index (χ1) is 13.5. The molecule has 0 saturated carbocycles. The van der Waals surface area contributed by atoms with Crippen LogP contribution in [0.2, 0.25) is 0 Å². The monoisotopic (exact) mass is 409 g/mol. The Morgan fingerprint density at radius 3 is 2.36 bits per heavy atom. The van der Waals surface area contributed by atoms with Crippen molar-refractivity contribution in [3.8, 4) is 5.75 Å². The van der Waals surface area contributed by atoms with Crippen molar-refractivity contribution < 1.29 is 17.9 Å². The lowest BCUT2D eigenvalue weighted by molar-refractivity contribution is -0.126. The highest BCUT2D eigenvalue weighted by Gasteiger charge is 2.32. The Bertz CT molecular complexity index is 737. The van der Waals surface area contributed by atoms with Crippen LogP contribution in [0.5, 0.6) is 5.75 Å². The summed E-state index contributed by atoms with van der Waals surface area (Å²) in [5, 5.41) is 3.03. The number of carbonyl (C=O) groups is 1. The number of nitrogens with zero attached hydrogens (tertiary/aromatic N) is 2. The second-order valence-corrected chi connectivity index (χ2v) is 9.49. The van der Waals surface area contributed by atoms with Gasteiger partial charge in [0.15, 0.2) is 0 Å². The van der Waals surface area contributed by atoms with Crippen LogP contribution >= 0.6 is 0 Å². The van der Waals surface area contributed by atoms with Gasteiger partial charge in [0, 0.05) is 25.6 Å². The number of piperidine rings is 1. The van der Waals surface area contributed by atoms with Crippen LogP contribution in [0, 0.1) is 5.92 Å². The molecule has 0 aliphatic carbocycles. The van der Waals surface area contributed by atoms with E-state index in [4.69, 9.17) is 4.74 Å². The molecule has 0 aromatic heterocycles. The number of methoxy groups -OCH3 is 1. The molecule has 2 aliphatic heterocycles. The van der Waals surface area contributed by atoms with Gasteiger partial charge in [-0.15, -0.1) is 0 Å².